The van der Waals surface area contributed by atoms with Crippen LogP contribution >= 0.6 is 0 Å². The molecule has 0 aliphatic carbocycles. The summed E-state index contributed by atoms with van der Waals surface area (Å²) >= 11 is 0. The highest BCUT2D eigenvalue weighted by molar-refractivity contribution is 7.89. The molecule has 5 heteroatoms. The van der Waals surface area contributed by atoms with Gasteiger partial charge < -0.3 is 0 Å². The molecule has 0 saturated heterocycles. The maximum atomic E-state index is 12.6. The summed E-state index contributed by atoms with van der Waals surface area (Å²) in [5.41, 5.74) is 3.66. The Morgan fingerprint density at radius 3 is 2.05 bits per heavy atom. The van der Waals surface area contributed by atoms with Gasteiger partial charge in [-0.05, 0) is 36.7 Å². The van der Waals surface area contributed by atoms with E-state index in [1.807, 2.05) is 19.1 Å². The number of nitrogens with zero attached hydrogens (tertiary/aromatic N) is 2. The Morgan fingerprint density at radius 1 is 1.00 bits per heavy atom. The van der Waals surface area contributed by atoms with Crippen LogP contribution in [0.15, 0.2) is 40.3 Å². The molecule has 0 amide bonds. The predicted octanol–water partition coefficient (Wildman–Crippen LogP) is 1.63. The first kappa shape index (κ1) is 13.8. The highest BCUT2D eigenvalue weighted by Crippen LogP contribution is 2.29. The van der Waals surface area contributed by atoms with E-state index in [1.165, 1.54) is 11.1 Å². The van der Waals surface area contributed by atoms with Crippen molar-refractivity contribution in [3.8, 4) is 0 Å². The van der Waals surface area contributed by atoms with Gasteiger partial charge in [-0.2, -0.15) is 4.31 Å². The van der Waals surface area contributed by atoms with Crippen molar-refractivity contribution in [3.05, 3.63) is 41.0 Å². The van der Waals surface area contributed by atoms with E-state index in [1.54, 1.807) is 16.4 Å². The molecule has 4 nitrogen and oxygen atoms in total. The van der Waals surface area contributed by atoms with E-state index in [9.17, 15) is 8.42 Å². The van der Waals surface area contributed by atoms with Gasteiger partial charge in [-0.1, -0.05) is 24.6 Å². The summed E-state index contributed by atoms with van der Waals surface area (Å²) in [6.45, 7) is 8.09. The second kappa shape index (κ2) is 4.98. The van der Waals surface area contributed by atoms with Crippen molar-refractivity contribution >= 4 is 10.0 Å². The molecule has 2 aliphatic heterocycles. The molecule has 0 radical (unpaired) electrons. The minimum absolute atomic E-state index is 0.400. The summed E-state index contributed by atoms with van der Waals surface area (Å²) in [7, 11) is -3.35. The number of aryl methyl sites for hydroxylation is 1. The van der Waals surface area contributed by atoms with Gasteiger partial charge in [0.25, 0.3) is 0 Å². The molecule has 20 heavy (non-hydrogen) atoms. The lowest BCUT2D eigenvalue weighted by atomic mass is 10.2. The Balaban J connectivity index is 1.78. The molecule has 1 aromatic carbocycles. The maximum Gasteiger partial charge on any atom is 0.243 e. The molecule has 0 N–H and O–H groups in total. The van der Waals surface area contributed by atoms with Gasteiger partial charge in [-0.25, -0.2) is 8.42 Å². The van der Waals surface area contributed by atoms with Crippen molar-refractivity contribution < 1.29 is 8.42 Å². The Hall–Kier alpha value is -1.17. The van der Waals surface area contributed by atoms with Crippen LogP contribution in [-0.4, -0.2) is 50.3 Å². The zero-order valence-electron chi connectivity index (χ0n) is 12.0. The van der Waals surface area contributed by atoms with E-state index in [0.29, 0.717) is 18.0 Å². The van der Waals surface area contributed by atoms with E-state index in [4.69, 9.17) is 0 Å². The third kappa shape index (κ3) is 2.30. The van der Waals surface area contributed by atoms with Crippen molar-refractivity contribution in [2.45, 2.75) is 18.7 Å². The first-order chi connectivity index (χ1) is 9.50. The molecule has 0 aromatic heterocycles. The van der Waals surface area contributed by atoms with Gasteiger partial charge in [0.1, 0.15) is 0 Å². The van der Waals surface area contributed by atoms with Gasteiger partial charge in [-0.3, -0.25) is 4.90 Å². The van der Waals surface area contributed by atoms with Gasteiger partial charge in [0, 0.05) is 26.2 Å². The third-order valence-corrected chi connectivity index (χ3v) is 5.98. The monoisotopic (exact) mass is 292 g/mol. The average Bonchev–Trinajstić information content (AvgIpc) is 2.97. The fourth-order valence-electron chi connectivity index (χ4n) is 2.88. The molecule has 1 aromatic rings. The maximum absolute atomic E-state index is 12.6. The quantitative estimate of drug-likeness (QED) is 0.795. The van der Waals surface area contributed by atoms with E-state index in [0.717, 1.165) is 25.2 Å². The lowest BCUT2D eigenvalue weighted by Crippen LogP contribution is -2.34. The topological polar surface area (TPSA) is 40.6 Å². The second-order valence-electron chi connectivity index (χ2n) is 5.60. The lowest BCUT2D eigenvalue weighted by molar-refractivity contribution is 0.343. The molecular formula is C15H20N2O2S. The number of hydrogen-bond donors (Lipinski definition) is 0. The van der Waals surface area contributed by atoms with Crippen LogP contribution in [0, 0.1) is 6.92 Å². The molecule has 0 bridgehead atoms. The number of rotatable bonds is 3. The van der Waals surface area contributed by atoms with Gasteiger partial charge in [0.2, 0.25) is 10.0 Å². The standard InChI is InChI=1S/C15H20N2O2S/c1-3-16-8-13-10-17(11-14(13)9-16)20(18,19)15-6-4-12(2)5-7-15/h4-7H,3,8-11H2,1-2H3. The summed E-state index contributed by atoms with van der Waals surface area (Å²) < 4.78 is 26.8. The van der Waals surface area contributed by atoms with Crippen LogP contribution < -0.4 is 0 Å². The van der Waals surface area contributed by atoms with Crippen molar-refractivity contribution in [1.29, 1.82) is 0 Å². The first-order valence-corrected chi connectivity index (χ1v) is 8.43. The average molecular weight is 292 g/mol. The number of benzene rings is 1. The van der Waals surface area contributed by atoms with Crippen LogP contribution in [0.2, 0.25) is 0 Å². The van der Waals surface area contributed by atoms with Crippen LogP contribution in [0.25, 0.3) is 0 Å². The highest BCUT2D eigenvalue weighted by Gasteiger charge is 2.35. The summed E-state index contributed by atoms with van der Waals surface area (Å²) in [6, 6.07) is 7.10. The van der Waals surface area contributed by atoms with Gasteiger partial charge >= 0.3 is 0 Å². The Morgan fingerprint density at radius 2 is 1.55 bits per heavy atom. The summed E-state index contributed by atoms with van der Waals surface area (Å²) in [5, 5.41) is 0. The van der Waals surface area contributed by atoms with E-state index in [-0.39, 0.29) is 0 Å². The molecule has 0 saturated carbocycles. The van der Waals surface area contributed by atoms with Crippen molar-refractivity contribution in [2.75, 3.05) is 32.7 Å². The molecule has 3 rings (SSSR count). The molecule has 0 spiro atoms. The minimum atomic E-state index is -3.35. The molecular weight excluding hydrogens is 272 g/mol. The largest absolute Gasteiger partial charge is 0.296 e. The number of sulfonamides is 1. The van der Waals surface area contributed by atoms with E-state index < -0.39 is 10.0 Å². The van der Waals surface area contributed by atoms with Crippen LogP contribution in [0.4, 0.5) is 0 Å². The van der Waals surface area contributed by atoms with Crippen LogP contribution in [0.1, 0.15) is 12.5 Å². The van der Waals surface area contributed by atoms with Crippen LogP contribution in [0.3, 0.4) is 0 Å². The Kier molecular flexibility index (Phi) is 3.44. The van der Waals surface area contributed by atoms with E-state index in [2.05, 4.69) is 11.8 Å². The zero-order chi connectivity index (χ0) is 14.3. The van der Waals surface area contributed by atoms with Crippen LogP contribution in [0.5, 0.6) is 0 Å². The molecule has 0 fully saturated rings. The van der Waals surface area contributed by atoms with Crippen molar-refractivity contribution in [1.82, 2.24) is 9.21 Å². The number of likely N-dealkylation sites (N-methyl/N-ethyl adjacent to an activating group) is 1. The van der Waals surface area contributed by atoms with Crippen molar-refractivity contribution in [3.63, 3.8) is 0 Å². The molecule has 0 unspecified atom stereocenters. The number of hydrogen-bond acceptors (Lipinski definition) is 3. The van der Waals surface area contributed by atoms with Gasteiger partial charge in [0.05, 0.1) is 4.90 Å². The molecule has 2 heterocycles. The molecule has 0 atom stereocenters. The fraction of sp³-hybridized carbons (Fsp3) is 0.467. The minimum Gasteiger partial charge on any atom is -0.296 e. The summed E-state index contributed by atoms with van der Waals surface area (Å²) in [5.74, 6) is 0. The lowest BCUT2D eigenvalue weighted by Gasteiger charge is -2.21. The Labute approximate surface area is 120 Å². The van der Waals surface area contributed by atoms with Gasteiger partial charge in [0.15, 0.2) is 0 Å². The van der Waals surface area contributed by atoms with Crippen LogP contribution in [-0.2, 0) is 10.0 Å². The predicted molar refractivity (Wildman–Crippen MR) is 79.1 cm³/mol. The highest BCUT2D eigenvalue weighted by atomic mass is 32.2. The second-order valence-corrected chi connectivity index (χ2v) is 7.53. The molecule has 108 valence electrons. The van der Waals surface area contributed by atoms with Crippen molar-refractivity contribution in [2.24, 2.45) is 0 Å². The first-order valence-electron chi connectivity index (χ1n) is 6.99. The molecule has 2 aliphatic rings. The third-order valence-electron chi connectivity index (χ3n) is 4.17. The fourth-order valence-corrected chi connectivity index (χ4v) is 4.31. The summed E-state index contributed by atoms with van der Waals surface area (Å²) in [6.07, 6.45) is 0. The zero-order valence-corrected chi connectivity index (χ0v) is 12.8. The normalized spacial score (nSPS) is 20.7. The smallest absolute Gasteiger partial charge is 0.243 e. The van der Waals surface area contributed by atoms with Gasteiger partial charge in [-0.15, -0.1) is 0 Å². The summed E-state index contributed by atoms with van der Waals surface area (Å²) in [4.78, 5) is 2.75. The SMILES string of the molecule is CCN1CC2=C(C1)CN(S(=O)(=O)c1ccc(C)cc1)C2. The van der Waals surface area contributed by atoms with E-state index >= 15 is 0 Å². The Bertz CT molecular complexity index is 629.